The van der Waals surface area contributed by atoms with E-state index in [0.717, 1.165) is 50.4 Å². The highest BCUT2D eigenvalue weighted by Crippen LogP contribution is 2.36. The number of carbonyl (C=O) groups excluding carboxylic acids is 2. The van der Waals surface area contributed by atoms with Crippen LogP contribution in [-0.2, 0) is 9.47 Å². The molecule has 3 aliphatic rings. The molecule has 8 nitrogen and oxygen atoms in total. The monoisotopic (exact) mass is 520 g/mol. The van der Waals surface area contributed by atoms with E-state index in [0.29, 0.717) is 30.6 Å². The smallest absolute Gasteiger partial charge is 0.406 e. The molecule has 0 aromatic heterocycles. The highest BCUT2D eigenvalue weighted by molar-refractivity contribution is 6.30. The van der Waals surface area contributed by atoms with Crippen molar-refractivity contribution in [1.29, 1.82) is 0 Å². The van der Waals surface area contributed by atoms with Crippen LogP contribution in [0.25, 0.3) is 0 Å². The number of amides is 3. The van der Waals surface area contributed by atoms with Crippen molar-refractivity contribution in [3.63, 3.8) is 0 Å². The van der Waals surface area contributed by atoms with Gasteiger partial charge in [-0.05, 0) is 61.8 Å². The van der Waals surface area contributed by atoms with Gasteiger partial charge < -0.3 is 30.3 Å². The Morgan fingerprint density at radius 1 is 1.22 bits per heavy atom. The zero-order valence-corrected chi connectivity index (χ0v) is 22.1. The minimum absolute atomic E-state index is 0.0317. The largest absolute Gasteiger partial charge is 0.453 e. The second-order valence-corrected chi connectivity index (χ2v) is 10.9. The molecule has 2 aliphatic heterocycles. The number of urea groups is 1. The summed E-state index contributed by atoms with van der Waals surface area (Å²) in [5.41, 5.74) is 0.991. The summed E-state index contributed by atoms with van der Waals surface area (Å²) in [4.78, 5) is 26.7. The van der Waals surface area contributed by atoms with E-state index >= 15 is 0 Å². The Labute approximate surface area is 219 Å². The van der Waals surface area contributed by atoms with E-state index in [1.807, 2.05) is 29.2 Å². The Kier molecular flexibility index (Phi) is 10.1. The van der Waals surface area contributed by atoms with E-state index < -0.39 is 6.09 Å². The predicted molar refractivity (Wildman–Crippen MR) is 140 cm³/mol. The third kappa shape index (κ3) is 7.49. The summed E-state index contributed by atoms with van der Waals surface area (Å²) in [6.45, 7) is 3.95. The van der Waals surface area contributed by atoms with Gasteiger partial charge in [0.05, 0.1) is 19.8 Å². The molecule has 1 aromatic carbocycles. The predicted octanol–water partition coefficient (Wildman–Crippen LogP) is 4.34. The molecule has 2 heterocycles. The molecule has 200 valence electrons. The number of carbonyl (C=O) groups is 2. The first kappa shape index (κ1) is 27.0. The average molecular weight is 521 g/mol. The number of ether oxygens (including phenoxy) is 2. The number of halogens is 1. The molecule has 0 radical (unpaired) electrons. The Hall–Kier alpha value is -2.03. The zero-order chi connectivity index (χ0) is 25.3. The van der Waals surface area contributed by atoms with Crippen molar-refractivity contribution in [3.05, 3.63) is 34.9 Å². The van der Waals surface area contributed by atoms with Crippen molar-refractivity contribution in [3.8, 4) is 0 Å². The maximum atomic E-state index is 13.4. The Morgan fingerprint density at radius 3 is 2.83 bits per heavy atom. The van der Waals surface area contributed by atoms with Gasteiger partial charge in [0.2, 0.25) is 0 Å². The number of piperidine rings is 2. The van der Waals surface area contributed by atoms with Crippen LogP contribution in [0.15, 0.2) is 24.3 Å². The van der Waals surface area contributed by atoms with Gasteiger partial charge in [0, 0.05) is 43.2 Å². The number of alkyl carbamates (subject to hydrolysis) is 1. The van der Waals surface area contributed by atoms with Crippen molar-refractivity contribution in [2.75, 3.05) is 46.4 Å². The van der Waals surface area contributed by atoms with E-state index in [2.05, 4.69) is 20.7 Å². The number of hydrogen-bond donors (Lipinski definition) is 3. The third-order valence-corrected chi connectivity index (χ3v) is 8.23. The van der Waals surface area contributed by atoms with E-state index in [4.69, 9.17) is 16.3 Å². The molecule has 0 bridgehead atoms. The lowest BCUT2D eigenvalue weighted by atomic mass is 9.75. The SMILES string of the molecule is COC(=O)NCCO[C@@H](c1cccc(Cl)c1)[C@@H]1CCCN(C(=O)N[C@@H]2CNCC[C@@H]2CC2CCC2)C1. The molecule has 4 atom stereocenters. The lowest BCUT2D eigenvalue weighted by molar-refractivity contribution is -0.00880. The number of likely N-dealkylation sites (tertiary alicyclic amines) is 1. The molecule has 3 amide bonds. The molecule has 36 heavy (non-hydrogen) atoms. The normalized spacial score (nSPS) is 25.5. The molecule has 2 saturated heterocycles. The third-order valence-electron chi connectivity index (χ3n) is 8.00. The highest BCUT2D eigenvalue weighted by atomic mass is 35.5. The van der Waals surface area contributed by atoms with Crippen LogP contribution in [0.3, 0.4) is 0 Å². The van der Waals surface area contributed by atoms with Crippen LogP contribution in [0.4, 0.5) is 9.59 Å². The summed E-state index contributed by atoms with van der Waals surface area (Å²) in [5.74, 6) is 1.54. The number of rotatable bonds is 9. The number of nitrogens with zero attached hydrogens (tertiary/aromatic N) is 1. The summed E-state index contributed by atoms with van der Waals surface area (Å²) in [6, 6.07) is 7.94. The van der Waals surface area contributed by atoms with Crippen LogP contribution in [-0.4, -0.2) is 69.5 Å². The number of methoxy groups -OCH3 is 1. The van der Waals surface area contributed by atoms with Gasteiger partial charge in [-0.15, -0.1) is 0 Å². The first-order valence-corrected chi connectivity index (χ1v) is 13.9. The second kappa shape index (κ2) is 13.5. The molecule has 9 heteroatoms. The fraction of sp³-hybridized carbons (Fsp3) is 0.704. The molecule has 1 aromatic rings. The number of nitrogens with one attached hydrogen (secondary N) is 3. The summed E-state index contributed by atoms with van der Waals surface area (Å²) in [6.07, 6.45) is 7.60. The van der Waals surface area contributed by atoms with Gasteiger partial charge in [-0.3, -0.25) is 0 Å². The van der Waals surface area contributed by atoms with Crippen LogP contribution in [0, 0.1) is 17.8 Å². The van der Waals surface area contributed by atoms with Gasteiger partial charge in [-0.1, -0.05) is 43.0 Å². The molecule has 3 fully saturated rings. The maximum absolute atomic E-state index is 13.4. The Morgan fingerprint density at radius 2 is 2.08 bits per heavy atom. The van der Waals surface area contributed by atoms with Crippen molar-refractivity contribution < 1.29 is 19.1 Å². The van der Waals surface area contributed by atoms with Crippen molar-refractivity contribution >= 4 is 23.7 Å². The second-order valence-electron chi connectivity index (χ2n) is 10.5. The van der Waals surface area contributed by atoms with Crippen molar-refractivity contribution in [1.82, 2.24) is 20.9 Å². The summed E-state index contributed by atoms with van der Waals surface area (Å²) in [5, 5.41) is 10.2. The van der Waals surface area contributed by atoms with E-state index in [1.54, 1.807) is 0 Å². The number of hydrogen-bond acceptors (Lipinski definition) is 5. The zero-order valence-electron chi connectivity index (χ0n) is 21.3. The molecular formula is C27H41ClN4O4. The molecule has 4 rings (SSSR count). The van der Waals surface area contributed by atoms with Gasteiger partial charge in [0.1, 0.15) is 0 Å². The number of benzene rings is 1. The summed E-state index contributed by atoms with van der Waals surface area (Å²) >= 11 is 6.29. The molecule has 1 aliphatic carbocycles. The topological polar surface area (TPSA) is 91.9 Å². The molecule has 0 spiro atoms. The van der Waals surface area contributed by atoms with Gasteiger partial charge >= 0.3 is 12.1 Å². The lowest BCUT2D eigenvalue weighted by Crippen LogP contribution is -2.56. The average Bonchev–Trinajstić information content (AvgIpc) is 2.87. The van der Waals surface area contributed by atoms with E-state index in [9.17, 15) is 9.59 Å². The standard InChI is InChI=1S/C27H41ClN4O4/c1-35-27(34)30-12-14-36-25(21-7-3-9-23(28)16-21)22-8-4-13-32(18-22)26(33)31-24-17-29-11-10-20(24)15-19-5-2-6-19/h3,7,9,16,19-20,22,24-25,29H,2,4-6,8,10-15,17-18H2,1H3,(H,30,34)(H,31,33)/t20-,22-,24-,25+/m1/s1. The first-order chi connectivity index (χ1) is 17.5. The van der Waals surface area contributed by atoms with Crippen LogP contribution in [0.1, 0.15) is 56.6 Å². The summed E-state index contributed by atoms with van der Waals surface area (Å²) in [7, 11) is 1.34. The minimum atomic E-state index is -0.480. The van der Waals surface area contributed by atoms with E-state index in [-0.39, 0.29) is 24.1 Å². The molecule has 3 N–H and O–H groups in total. The first-order valence-electron chi connectivity index (χ1n) is 13.5. The van der Waals surface area contributed by atoms with Gasteiger partial charge in [0.15, 0.2) is 0 Å². The van der Waals surface area contributed by atoms with Crippen molar-refractivity contribution in [2.24, 2.45) is 17.8 Å². The van der Waals surface area contributed by atoms with Gasteiger partial charge in [0.25, 0.3) is 0 Å². The molecular weight excluding hydrogens is 480 g/mol. The van der Waals surface area contributed by atoms with Crippen LogP contribution in [0.5, 0.6) is 0 Å². The maximum Gasteiger partial charge on any atom is 0.406 e. The molecule has 0 unspecified atom stereocenters. The highest BCUT2D eigenvalue weighted by Gasteiger charge is 2.34. The fourth-order valence-electron chi connectivity index (χ4n) is 5.81. The van der Waals surface area contributed by atoms with E-state index in [1.165, 1.54) is 32.8 Å². The Balaban J connectivity index is 1.37. The Bertz CT molecular complexity index is 868. The quantitative estimate of drug-likeness (QED) is 0.421. The minimum Gasteiger partial charge on any atom is -0.453 e. The van der Waals surface area contributed by atoms with Gasteiger partial charge in [-0.25, -0.2) is 9.59 Å². The van der Waals surface area contributed by atoms with Gasteiger partial charge in [-0.2, -0.15) is 0 Å². The lowest BCUT2D eigenvalue weighted by Gasteiger charge is -2.40. The van der Waals surface area contributed by atoms with Crippen molar-refractivity contribution in [2.45, 2.75) is 57.1 Å². The van der Waals surface area contributed by atoms with Crippen LogP contribution in [0.2, 0.25) is 5.02 Å². The van der Waals surface area contributed by atoms with Crippen LogP contribution >= 0.6 is 11.6 Å². The van der Waals surface area contributed by atoms with Crippen LogP contribution < -0.4 is 16.0 Å². The fourth-order valence-corrected chi connectivity index (χ4v) is 6.01. The summed E-state index contributed by atoms with van der Waals surface area (Å²) < 4.78 is 10.9. The molecule has 1 saturated carbocycles.